The van der Waals surface area contributed by atoms with Crippen LogP contribution in [-0.4, -0.2) is 38.6 Å². The Morgan fingerprint density at radius 1 is 1.22 bits per heavy atom. The Hall–Kier alpha value is -2.87. The van der Waals surface area contributed by atoms with Crippen LogP contribution in [-0.2, 0) is 16.1 Å². The summed E-state index contributed by atoms with van der Waals surface area (Å²) in [6.07, 6.45) is 0. The largest absolute Gasteiger partial charge is 0.481 e. The highest BCUT2D eigenvalue weighted by atomic mass is 32.2. The van der Waals surface area contributed by atoms with Gasteiger partial charge >= 0.3 is 5.97 Å². The monoisotopic (exact) mass is 386 g/mol. The highest BCUT2D eigenvalue weighted by Crippen LogP contribution is 2.31. The van der Waals surface area contributed by atoms with Crippen LogP contribution in [0.2, 0.25) is 0 Å². The van der Waals surface area contributed by atoms with Crippen LogP contribution in [0.25, 0.3) is 0 Å². The Bertz CT molecular complexity index is 884. The maximum Gasteiger partial charge on any atom is 0.312 e. The first-order chi connectivity index (χ1) is 12.9. The summed E-state index contributed by atoms with van der Waals surface area (Å²) in [4.78, 5) is 37.1. The van der Waals surface area contributed by atoms with Crippen LogP contribution in [0.1, 0.15) is 24.0 Å². The van der Waals surface area contributed by atoms with Gasteiger partial charge in [0.2, 0.25) is 5.91 Å². The average Bonchev–Trinajstić information content (AvgIpc) is 2.66. The quantitative estimate of drug-likeness (QED) is 0.481. The van der Waals surface area contributed by atoms with E-state index in [-0.39, 0.29) is 18.1 Å². The van der Waals surface area contributed by atoms with Crippen LogP contribution in [0.5, 0.6) is 0 Å². The SMILES string of the molecule is CC(Sc1ccc([N+](=O)[O-])cc1)C(=O)N1Cc2ccccc2C(C(=O)O)C1. The van der Waals surface area contributed by atoms with Gasteiger partial charge in [-0.1, -0.05) is 24.3 Å². The molecule has 2 unspecified atom stereocenters. The number of carboxylic acid groups (broad SMARTS) is 1. The smallest absolute Gasteiger partial charge is 0.312 e. The number of carbonyl (C=O) groups is 2. The third kappa shape index (κ3) is 4.11. The summed E-state index contributed by atoms with van der Waals surface area (Å²) < 4.78 is 0. The molecule has 2 aromatic carbocycles. The van der Waals surface area contributed by atoms with Gasteiger partial charge in [0.15, 0.2) is 0 Å². The lowest BCUT2D eigenvalue weighted by atomic mass is 9.89. The zero-order valence-corrected chi connectivity index (χ0v) is 15.4. The van der Waals surface area contributed by atoms with Gasteiger partial charge in [-0.05, 0) is 30.2 Å². The lowest BCUT2D eigenvalue weighted by molar-refractivity contribution is -0.384. The number of benzene rings is 2. The zero-order chi connectivity index (χ0) is 19.6. The number of thioether (sulfide) groups is 1. The van der Waals surface area contributed by atoms with E-state index >= 15 is 0 Å². The minimum absolute atomic E-state index is 0.00438. The minimum atomic E-state index is -0.948. The van der Waals surface area contributed by atoms with E-state index in [0.29, 0.717) is 6.54 Å². The normalized spacial score (nSPS) is 17.1. The summed E-state index contributed by atoms with van der Waals surface area (Å²) in [5.74, 6) is -1.84. The van der Waals surface area contributed by atoms with Crippen molar-refractivity contribution in [1.82, 2.24) is 4.90 Å². The number of carbonyl (C=O) groups excluding carboxylic acids is 1. The zero-order valence-electron chi connectivity index (χ0n) is 14.6. The lowest BCUT2D eigenvalue weighted by Gasteiger charge is -2.34. The number of carboxylic acids is 1. The predicted octanol–water partition coefficient (Wildman–Crippen LogP) is 3.29. The van der Waals surface area contributed by atoms with E-state index < -0.39 is 22.1 Å². The number of non-ortho nitro benzene ring substituents is 1. The van der Waals surface area contributed by atoms with E-state index in [2.05, 4.69) is 0 Å². The number of nitro benzene ring substituents is 1. The molecule has 0 aromatic heterocycles. The molecule has 0 aliphatic carbocycles. The fraction of sp³-hybridized carbons (Fsp3) is 0.263. The number of rotatable bonds is 5. The molecule has 0 bridgehead atoms. The number of nitrogens with zero attached hydrogens (tertiary/aromatic N) is 2. The molecule has 0 saturated carbocycles. The van der Waals surface area contributed by atoms with E-state index in [1.54, 1.807) is 36.1 Å². The third-order valence-electron chi connectivity index (χ3n) is 4.51. The van der Waals surface area contributed by atoms with Gasteiger partial charge in [0, 0.05) is 30.1 Å². The van der Waals surface area contributed by atoms with E-state index in [1.165, 1.54) is 23.9 Å². The molecule has 7 nitrogen and oxygen atoms in total. The van der Waals surface area contributed by atoms with Crippen LogP contribution in [0.3, 0.4) is 0 Å². The first-order valence-electron chi connectivity index (χ1n) is 8.37. The first kappa shape index (κ1) is 18.9. The summed E-state index contributed by atoms with van der Waals surface area (Å²) in [5.41, 5.74) is 1.59. The van der Waals surface area contributed by atoms with Gasteiger partial charge in [-0.15, -0.1) is 11.8 Å². The van der Waals surface area contributed by atoms with Gasteiger partial charge < -0.3 is 10.0 Å². The van der Waals surface area contributed by atoms with Crippen molar-refractivity contribution < 1.29 is 19.6 Å². The lowest BCUT2D eigenvalue weighted by Crippen LogP contribution is -2.43. The van der Waals surface area contributed by atoms with Crippen molar-refractivity contribution in [3.05, 3.63) is 69.8 Å². The van der Waals surface area contributed by atoms with Gasteiger partial charge in [-0.2, -0.15) is 0 Å². The number of hydrogen-bond donors (Lipinski definition) is 1. The summed E-state index contributed by atoms with van der Waals surface area (Å²) in [6, 6.07) is 13.3. The topological polar surface area (TPSA) is 101 Å². The van der Waals surface area contributed by atoms with Crippen molar-refractivity contribution in [2.75, 3.05) is 6.54 Å². The van der Waals surface area contributed by atoms with Crippen molar-refractivity contribution in [2.24, 2.45) is 0 Å². The molecule has 2 aromatic rings. The fourth-order valence-corrected chi connectivity index (χ4v) is 4.10. The fourth-order valence-electron chi connectivity index (χ4n) is 3.14. The summed E-state index contributed by atoms with van der Waals surface area (Å²) in [5, 5.41) is 19.8. The Balaban J connectivity index is 1.73. The molecule has 1 aliphatic heterocycles. The van der Waals surface area contributed by atoms with E-state index in [0.717, 1.165) is 16.0 Å². The van der Waals surface area contributed by atoms with E-state index in [9.17, 15) is 24.8 Å². The second kappa shape index (κ2) is 7.79. The van der Waals surface area contributed by atoms with E-state index in [4.69, 9.17) is 0 Å². The third-order valence-corrected chi connectivity index (χ3v) is 5.61. The van der Waals surface area contributed by atoms with Gasteiger partial charge in [0.1, 0.15) is 0 Å². The second-order valence-corrected chi connectivity index (χ2v) is 7.73. The molecule has 1 N–H and O–H groups in total. The Morgan fingerprint density at radius 2 is 1.89 bits per heavy atom. The molecule has 0 spiro atoms. The van der Waals surface area contributed by atoms with Gasteiger partial charge in [0.25, 0.3) is 5.69 Å². The van der Waals surface area contributed by atoms with Gasteiger partial charge in [-0.3, -0.25) is 19.7 Å². The molecule has 3 rings (SSSR count). The number of fused-ring (bicyclic) bond motifs is 1. The average molecular weight is 386 g/mol. The van der Waals surface area contributed by atoms with Crippen molar-refractivity contribution in [3.63, 3.8) is 0 Å². The molecule has 0 saturated heterocycles. The molecule has 1 amide bonds. The van der Waals surface area contributed by atoms with Crippen LogP contribution >= 0.6 is 11.8 Å². The molecular formula is C19H18N2O5S. The van der Waals surface area contributed by atoms with Gasteiger partial charge in [-0.25, -0.2) is 0 Å². The number of amides is 1. The number of hydrogen-bond acceptors (Lipinski definition) is 5. The first-order valence-corrected chi connectivity index (χ1v) is 9.25. The summed E-state index contributed by atoms with van der Waals surface area (Å²) >= 11 is 1.30. The number of aliphatic carboxylic acids is 1. The Morgan fingerprint density at radius 3 is 2.52 bits per heavy atom. The maximum absolute atomic E-state index is 12.9. The molecule has 27 heavy (non-hydrogen) atoms. The van der Waals surface area contributed by atoms with Gasteiger partial charge in [0.05, 0.1) is 16.1 Å². The van der Waals surface area contributed by atoms with Crippen LogP contribution in [0, 0.1) is 10.1 Å². The van der Waals surface area contributed by atoms with Crippen molar-refractivity contribution in [3.8, 4) is 0 Å². The molecule has 0 fully saturated rings. The molecule has 1 heterocycles. The van der Waals surface area contributed by atoms with Crippen LogP contribution < -0.4 is 0 Å². The van der Waals surface area contributed by atoms with Crippen LogP contribution in [0.15, 0.2) is 53.4 Å². The summed E-state index contributed by atoms with van der Waals surface area (Å²) in [6.45, 7) is 2.27. The molecule has 140 valence electrons. The standard InChI is InChI=1S/C19H18N2O5S/c1-12(27-15-8-6-14(7-9-15)21(25)26)18(22)20-10-13-4-2-3-5-16(13)17(11-20)19(23)24/h2-9,12,17H,10-11H2,1H3,(H,23,24). The van der Waals surface area contributed by atoms with E-state index in [1.807, 2.05) is 12.1 Å². The predicted molar refractivity (Wildman–Crippen MR) is 101 cm³/mol. The maximum atomic E-state index is 12.9. The molecule has 2 atom stereocenters. The molecule has 8 heteroatoms. The minimum Gasteiger partial charge on any atom is -0.481 e. The second-order valence-electron chi connectivity index (χ2n) is 6.32. The highest BCUT2D eigenvalue weighted by Gasteiger charge is 2.34. The summed E-state index contributed by atoms with van der Waals surface area (Å²) in [7, 11) is 0. The van der Waals surface area contributed by atoms with Crippen LogP contribution in [0.4, 0.5) is 5.69 Å². The Labute approximate surface area is 160 Å². The molecular weight excluding hydrogens is 368 g/mol. The highest BCUT2D eigenvalue weighted by molar-refractivity contribution is 8.00. The Kier molecular flexibility index (Phi) is 5.46. The van der Waals surface area contributed by atoms with Crippen molar-refractivity contribution in [2.45, 2.75) is 29.5 Å². The van der Waals surface area contributed by atoms with Crippen molar-refractivity contribution in [1.29, 1.82) is 0 Å². The molecule has 0 radical (unpaired) electrons. The number of nitro groups is 1. The molecule has 1 aliphatic rings. The van der Waals surface area contributed by atoms with Crippen molar-refractivity contribution >= 4 is 29.3 Å².